The van der Waals surface area contributed by atoms with Crippen molar-refractivity contribution in [2.45, 2.75) is 54.4 Å². The summed E-state index contributed by atoms with van der Waals surface area (Å²) in [5.74, 6) is 1.29. The van der Waals surface area contributed by atoms with E-state index in [0.29, 0.717) is 18.4 Å². The van der Waals surface area contributed by atoms with Gasteiger partial charge in [0.15, 0.2) is 0 Å². The van der Waals surface area contributed by atoms with Crippen molar-refractivity contribution in [3.05, 3.63) is 11.6 Å². The number of hydrogen-bond donors (Lipinski definition) is 0. The van der Waals surface area contributed by atoms with Crippen LogP contribution in [0.1, 0.15) is 54.4 Å². The first-order chi connectivity index (χ1) is 8.26. The molecule has 0 aromatic rings. The van der Waals surface area contributed by atoms with Gasteiger partial charge in [0.05, 0.1) is 12.5 Å². The number of carbonyl (C=O) groups is 1. The third kappa shape index (κ3) is 4.15. The van der Waals surface area contributed by atoms with Gasteiger partial charge in [-0.15, -0.1) is 0 Å². The fourth-order valence-electron chi connectivity index (χ4n) is 2.49. The Morgan fingerprint density at radius 1 is 1.39 bits per heavy atom. The number of carbonyl (C=O) groups excluding carboxylic acids is 1. The first-order valence-electron chi connectivity index (χ1n) is 7.06. The molecular formula is C16H28O2. The molecule has 3 atom stereocenters. The lowest BCUT2D eigenvalue weighted by Crippen LogP contribution is -2.19. The zero-order chi connectivity index (χ0) is 13.9. The van der Waals surface area contributed by atoms with E-state index >= 15 is 0 Å². The molecule has 0 saturated heterocycles. The van der Waals surface area contributed by atoms with Crippen molar-refractivity contribution in [2.24, 2.45) is 23.2 Å². The molecule has 0 N–H and O–H groups in total. The van der Waals surface area contributed by atoms with Crippen molar-refractivity contribution in [1.82, 2.24) is 0 Å². The van der Waals surface area contributed by atoms with E-state index in [1.54, 1.807) is 0 Å². The highest BCUT2D eigenvalue weighted by molar-refractivity contribution is 5.71. The molecule has 0 spiro atoms. The van der Waals surface area contributed by atoms with E-state index in [0.717, 1.165) is 6.42 Å². The maximum Gasteiger partial charge on any atom is 0.308 e. The van der Waals surface area contributed by atoms with Crippen molar-refractivity contribution >= 4 is 5.97 Å². The number of hydrogen-bond acceptors (Lipinski definition) is 2. The molecule has 2 heteroatoms. The molecule has 0 bridgehead atoms. The molecule has 0 unspecified atom stereocenters. The van der Waals surface area contributed by atoms with Crippen LogP contribution in [0.25, 0.3) is 0 Å². The molecular weight excluding hydrogens is 224 g/mol. The summed E-state index contributed by atoms with van der Waals surface area (Å²) in [6, 6.07) is 0. The lowest BCUT2D eigenvalue weighted by atomic mass is 9.94. The van der Waals surface area contributed by atoms with Gasteiger partial charge in [0.25, 0.3) is 0 Å². The molecule has 1 saturated carbocycles. The van der Waals surface area contributed by atoms with Gasteiger partial charge in [0.1, 0.15) is 0 Å². The van der Waals surface area contributed by atoms with Gasteiger partial charge in [-0.25, -0.2) is 0 Å². The largest absolute Gasteiger partial charge is 0.465 e. The quantitative estimate of drug-likeness (QED) is 0.523. The first kappa shape index (κ1) is 15.3. The first-order valence-corrected chi connectivity index (χ1v) is 7.06. The minimum atomic E-state index is -0.0705. The molecule has 0 aromatic carbocycles. The number of rotatable bonds is 6. The fraction of sp³-hybridized carbons (Fsp3) is 0.812. The molecule has 2 nitrogen and oxygen atoms in total. The van der Waals surface area contributed by atoms with Crippen LogP contribution in [-0.2, 0) is 9.53 Å². The van der Waals surface area contributed by atoms with Gasteiger partial charge in [-0.3, -0.25) is 4.79 Å². The highest BCUT2D eigenvalue weighted by Gasteiger charge is 2.52. The van der Waals surface area contributed by atoms with Crippen LogP contribution in [0.2, 0.25) is 0 Å². The second-order valence-corrected chi connectivity index (χ2v) is 6.72. The molecule has 0 radical (unpaired) electrons. The molecule has 1 aliphatic carbocycles. The Kier molecular flexibility index (Phi) is 5.01. The summed E-state index contributed by atoms with van der Waals surface area (Å²) in [5.41, 5.74) is 1.61. The van der Waals surface area contributed by atoms with Crippen molar-refractivity contribution in [1.29, 1.82) is 0 Å². The SMILES string of the molecule is CC(C)=CC[C@@H](C)[C@H]1C[C@]1(C)COC(=O)C(C)C. The summed E-state index contributed by atoms with van der Waals surface area (Å²) >= 11 is 0. The third-order valence-electron chi connectivity index (χ3n) is 4.02. The summed E-state index contributed by atoms with van der Waals surface area (Å²) in [5, 5.41) is 0. The molecule has 1 rings (SSSR count). The molecule has 0 aromatic heterocycles. The van der Waals surface area contributed by atoms with Crippen molar-refractivity contribution in [3.8, 4) is 0 Å². The van der Waals surface area contributed by atoms with Crippen LogP contribution in [0, 0.1) is 23.2 Å². The second-order valence-electron chi connectivity index (χ2n) is 6.72. The fourth-order valence-corrected chi connectivity index (χ4v) is 2.49. The average molecular weight is 252 g/mol. The Morgan fingerprint density at radius 3 is 2.50 bits per heavy atom. The Bertz CT molecular complexity index is 326. The van der Waals surface area contributed by atoms with Gasteiger partial charge < -0.3 is 4.74 Å². The molecule has 0 amide bonds. The maximum atomic E-state index is 11.5. The minimum absolute atomic E-state index is 0.0195. The summed E-state index contributed by atoms with van der Waals surface area (Å²) in [6.45, 7) is 13.2. The monoisotopic (exact) mass is 252 g/mol. The van der Waals surface area contributed by atoms with Gasteiger partial charge in [0, 0.05) is 5.41 Å². The standard InChI is InChI=1S/C16H28O2/c1-11(2)7-8-13(5)14-9-16(14,6)10-18-15(17)12(3)4/h7,12-14H,8-10H2,1-6H3/t13-,14-,16-/m1/s1. The Balaban J connectivity index is 2.37. The van der Waals surface area contributed by atoms with Crippen LogP contribution in [-0.4, -0.2) is 12.6 Å². The van der Waals surface area contributed by atoms with Crippen LogP contribution in [0.4, 0.5) is 0 Å². The Morgan fingerprint density at radius 2 is 2.00 bits per heavy atom. The van der Waals surface area contributed by atoms with Crippen molar-refractivity contribution in [2.75, 3.05) is 6.61 Å². The second kappa shape index (κ2) is 5.90. The van der Waals surface area contributed by atoms with Crippen LogP contribution >= 0.6 is 0 Å². The van der Waals surface area contributed by atoms with Gasteiger partial charge in [0.2, 0.25) is 0 Å². The third-order valence-corrected chi connectivity index (χ3v) is 4.02. The normalized spacial score (nSPS) is 27.8. The summed E-state index contributed by atoms with van der Waals surface area (Å²) < 4.78 is 5.38. The molecule has 18 heavy (non-hydrogen) atoms. The van der Waals surface area contributed by atoms with Crippen LogP contribution in [0.15, 0.2) is 11.6 Å². The van der Waals surface area contributed by atoms with Gasteiger partial charge >= 0.3 is 5.97 Å². The van der Waals surface area contributed by atoms with E-state index in [-0.39, 0.29) is 17.3 Å². The number of allylic oxidation sites excluding steroid dienone is 2. The van der Waals surface area contributed by atoms with Gasteiger partial charge in [-0.2, -0.15) is 0 Å². The number of ether oxygens (including phenoxy) is 1. The smallest absolute Gasteiger partial charge is 0.308 e. The highest BCUT2D eigenvalue weighted by atomic mass is 16.5. The number of esters is 1. The van der Waals surface area contributed by atoms with Crippen molar-refractivity contribution in [3.63, 3.8) is 0 Å². The minimum Gasteiger partial charge on any atom is -0.465 e. The van der Waals surface area contributed by atoms with Crippen LogP contribution in [0.3, 0.4) is 0 Å². The molecule has 0 heterocycles. The molecule has 1 fully saturated rings. The zero-order valence-corrected chi connectivity index (χ0v) is 12.7. The van der Waals surface area contributed by atoms with Crippen LogP contribution in [0.5, 0.6) is 0 Å². The maximum absolute atomic E-state index is 11.5. The lowest BCUT2D eigenvalue weighted by Gasteiger charge is -2.16. The van der Waals surface area contributed by atoms with E-state index in [1.165, 1.54) is 12.0 Å². The summed E-state index contributed by atoms with van der Waals surface area (Å²) in [7, 11) is 0. The summed E-state index contributed by atoms with van der Waals surface area (Å²) in [6.07, 6.45) is 4.64. The van der Waals surface area contributed by atoms with E-state index < -0.39 is 0 Å². The summed E-state index contributed by atoms with van der Waals surface area (Å²) in [4.78, 5) is 11.5. The van der Waals surface area contributed by atoms with Gasteiger partial charge in [-0.1, -0.05) is 39.3 Å². The topological polar surface area (TPSA) is 26.3 Å². The van der Waals surface area contributed by atoms with E-state index in [1.807, 2.05) is 13.8 Å². The Hall–Kier alpha value is -0.790. The average Bonchev–Trinajstić information content (AvgIpc) is 2.95. The predicted molar refractivity (Wildman–Crippen MR) is 75.2 cm³/mol. The van der Waals surface area contributed by atoms with Gasteiger partial charge in [-0.05, 0) is 38.5 Å². The molecule has 0 aliphatic heterocycles. The Labute approximate surface area is 112 Å². The molecule has 1 aliphatic rings. The van der Waals surface area contributed by atoms with E-state index in [2.05, 4.69) is 33.8 Å². The van der Waals surface area contributed by atoms with Crippen LogP contribution < -0.4 is 0 Å². The highest BCUT2D eigenvalue weighted by Crippen LogP contribution is 2.57. The lowest BCUT2D eigenvalue weighted by molar-refractivity contribution is -0.149. The predicted octanol–water partition coefficient (Wildman–Crippen LogP) is 4.20. The molecule has 104 valence electrons. The van der Waals surface area contributed by atoms with E-state index in [4.69, 9.17) is 4.74 Å². The zero-order valence-electron chi connectivity index (χ0n) is 12.7. The van der Waals surface area contributed by atoms with E-state index in [9.17, 15) is 4.79 Å². The van der Waals surface area contributed by atoms with Crippen molar-refractivity contribution < 1.29 is 9.53 Å².